The quantitative estimate of drug-likeness (QED) is 0.442. The maximum atomic E-state index is 10.5. The predicted molar refractivity (Wildman–Crippen MR) is 59.0 cm³/mol. The molecule has 0 spiro atoms. The highest BCUT2D eigenvalue weighted by Gasteiger charge is 1.97. The summed E-state index contributed by atoms with van der Waals surface area (Å²) in [5, 5.41) is 6.44. The first kappa shape index (κ1) is 14.2. The lowest BCUT2D eigenvalue weighted by Gasteiger charge is -2.05. The molecule has 0 bridgehead atoms. The van der Waals surface area contributed by atoms with E-state index in [-0.39, 0.29) is 0 Å². The van der Waals surface area contributed by atoms with Gasteiger partial charge in [0.1, 0.15) is 6.61 Å². The second kappa shape index (κ2) is 11.3. The van der Waals surface area contributed by atoms with E-state index in [4.69, 9.17) is 4.74 Å². The van der Waals surface area contributed by atoms with Crippen LogP contribution in [0.25, 0.3) is 0 Å². The SMILES string of the molecule is CCNCCCCNCCOC(=O)OC. The van der Waals surface area contributed by atoms with Crippen LogP contribution in [0.2, 0.25) is 0 Å². The normalized spacial score (nSPS) is 10.0. The third kappa shape index (κ3) is 11.1. The zero-order valence-electron chi connectivity index (χ0n) is 9.67. The minimum Gasteiger partial charge on any atom is -0.438 e. The molecule has 0 aromatic heterocycles. The maximum absolute atomic E-state index is 10.5. The van der Waals surface area contributed by atoms with Crippen LogP contribution in [0, 0.1) is 0 Å². The van der Waals surface area contributed by atoms with E-state index in [1.165, 1.54) is 13.5 Å². The van der Waals surface area contributed by atoms with Gasteiger partial charge >= 0.3 is 6.16 Å². The van der Waals surface area contributed by atoms with Crippen molar-refractivity contribution < 1.29 is 14.3 Å². The van der Waals surface area contributed by atoms with Crippen LogP contribution in [-0.2, 0) is 9.47 Å². The van der Waals surface area contributed by atoms with Gasteiger partial charge < -0.3 is 20.1 Å². The molecule has 15 heavy (non-hydrogen) atoms. The molecule has 0 aromatic rings. The van der Waals surface area contributed by atoms with Crippen LogP contribution < -0.4 is 10.6 Å². The van der Waals surface area contributed by atoms with Gasteiger partial charge in [-0.2, -0.15) is 0 Å². The molecule has 0 aliphatic heterocycles. The molecular weight excluding hydrogens is 196 g/mol. The van der Waals surface area contributed by atoms with Crippen molar-refractivity contribution in [3.63, 3.8) is 0 Å². The van der Waals surface area contributed by atoms with Crippen molar-refractivity contribution in [2.24, 2.45) is 0 Å². The highest BCUT2D eigenvalue weighted by atomic mass is 16.7. The van der Waals surface area contributed by atoms with Crippen LogP contribution in [0.15, 0.2) is 0 Å². The molecular formula is C10H22N2O3. The van der Waals surface area contributed by atoms with Gasteiger partial charge in [0.05, 0.1) is 7.11 Å². The van der Waals surface area contributed by atoms with Crippen molar-refractivity contribution in [2.75, 3.05) is 39.9 Å². The van der Waals surface area contributed by atoms with Crippen molar-refractivity contribution in [1.29, 1.82) is 0 Å². The van der Waals surface area contributed by atoms with Gasteiger partial charge in [0, 0.05) is 6.54 Å². The van der Waals surface area contributed by atoms with Crippen LogP contribution in [0.1, 0.15) is 19.8 Å². The van der Waals surface area contributed by atoms with Crippen LogP contribution in [0.4, 0.5) is 4.79 Å². The third-order valence-corrected chi connectivity index (χ3v) is 1.87. The molecule has 0 radical (unpaired) electrons. The first-order valence-corrected chi connectivity index (χ1v) is 5.43. The number of carbonyl (C=O) groups excluding carboxylic acids is 1. The minimum absolute atomic E-state index is 0.361. The van der Waals surface area contributed by atoms with Crippen LogP contribution >= 0.6 is 0 Å². The van der Waals surface area contributed by atoms with Crippen LogP contribution in [0.3, 0.4) is 0 Å². The summed E-state index contributed by atoms with van der Waals surface area (Å²) < 4.78 is 9.03. The van der Waals surface area contributed by atoms with Crippen molar-refractivity contribution in [3.05, 3.63) is 0 Å². The average molecular weight is 218 g/mol. The Morgan fingerprint density at radius 1 is 1.13 bits per heavy atom. The average Bonchev–Trinajstić information content (AvgIpc) is 2.26. The molecule has 0 fully saturated rings. The molecule has 0 aliphatic rings. The van der Waals surface area contributed by atoms with Gasteiger partial charge in [0.2, 0.25) is 0 Å². The number of methoxy groups -OCH3 is 1. The Balaban J connectivity index is 2.95. The zero-order valence-corrected chi connectivity index (χ0v) is 9.67. The van der Waals surface area contributed by atoms with E-state index in [1.54, 1.807) is 0 Å². The zero-order chi connectivity index (χ0) is 11.4. The minimum atomic E-state index is -0.621. The fourth-order valence-corrected chi connectivity index (χ4v) is 1.07. The van der Waals surface area contributed by atoms with E-state index in [0.717, 1.165) is 26.1 Å². The molecule has 0 aromatic carbocycles. The number of ether oxygens (including phenoxy) is 2. The topological polar surface area (TPSA) is 59.6 Å². The largest absolute Gasteiger partial charge is 0.508 e. The van der Waals surface area contributed by atoms with Gasteiger partial charge in [-0.15, -0.1) is 0 Å². The number of nitrogens with one attached hydrogen (secondary N) is 2. The third-order valence-electron chi connectivity index (χ3n) is 1.87. The van der Waals surface area contributed by atoms with Crippen molar-refractivity contribution in [1.82, 2.24) is 10.6 Å². The summed E-state index contributed by atoms with van der Waals surface area (Å²) in [6, 6.07) is 0. The van der Waals surface area contributed by atoms with E-state index < -0.39 is 6.16 Å². The van der Waals surface area contributed by atoms with Gasteiger partial charge in [0.15, 0.2) is 0 Å². The summed E-state index contributed by atoms with van der Waals surface area (Å²) in [5.41, 5.74) is 0. The maximum Gasteiger partial charge on any atom is 0.508 e. The summed E-state index contributed by atoms with van der Waals surface area (Å²) in [6.45, 7) is 6.19. The van der Waals surface area contributed by atoms with Crippen molar-refractivity contribution in [2.45, 2.75) is 19.8 Å². The van der Waals surface area contributed by atoms with E-state index in [2.05, 4.69) is 22.3 Å². The lowest BCUT2D eigenvalue weighted by molar-refractivity contribution is 0.0735. The second-order valence-corrected chi connectivity index (χ2v) is 3.11. The smallest absolute Gasteiger partial charge is 0.438 e. The molecule has 0 saturated carbocycles. The standard InChI is InChI=1S/C10H22N2O3/c1-3-11-6-4-5-7-12-8-9-15-10(13)14-2/h11-12H,3-9H2,1-2H3. The summed E-state index contributed by atoms with van der Waals surface area (Å²) in [6.07, 6.45) is 1.67. The summed E-state index contributed by atoms with van der Waals surface area (Å²) in [7, 11) is 1.30. The summed E-state index contributed by atoms with van der Waals surface area (Å²) in [5.74, 6) is 0. The number of unbranched alkanes of at least 4 members (excludes halogenated alkanes) is 1. The number of hydrogen-bond acceptors (Lipinski definition) is 5. The van der Waals surface area contributed by atoms with Crippen LogP contribution in [0.5, 0.6) is 0 Å². The van der Waals surface area contributed by atoms with Crippen molar-refractivity contribution in [3.8, 4) is 0 Å². The molecule has 0 unspecified atom stereocenters. The fraction of sp³-hybridized carbons (Fsp3) is 0.900. The summed E-state index contributed by atoms with van der Waals surface area (Å²) >= 11 is 0. The molecule has 5 nitrogen and oxygen atoms in total. The van der Waals surface area contributed by atoms with E-state index in [0.29, 0.717) is 13.2 Å². The van der Waals surface area contributed by atoms with Crippen molar-refractivity contribution >= 4 is 6.16 Å². The molecule has 0 rings (SSSR count). The Morgan fingerprint density at radius 3 is 2.40 bits per heavy atom. The van der Waals surface area contributed by atoms with E-state index in [1.807, 2.05) is 0 Å². The molecule has 0 aliphatic carbocycles. The van der Waals surface area contributed by atoms with Gasteiger partial charge in [-0.1, -0.05) is 6.92 Å². The van der Waals surface area contributed by atoms with Crippen LogP contribution in [-0.4, -0.2) is 46.1 Å². The Bertz CT molecular complexity index is 154. The molecule has 2 N–H and O–H groups in total. The predicted octanol–water partition coefficient (Wildman–Crippen LogP) is 0.749. The molecule has 5 heteroatoms. The first-order valence-electron chi connectivity index (χ1n) is 5.43. The van der Waals surface area contributed by atoms with Gasteiger partial charge in [-0.3, -0.25) is 0 Å². The number of hydrogen-bond donors (Lipinski definition) is 2. The Kier molecular flexibility index (Phi) is 10.7. The highest BCUT2D eigenvalue weighted by Crippen LogP contribution is 1.84. The molecule has 0 saturated heterocycles. The van der Waals surface area contributed by atoms with Gasteiger partial charge in [-0.05, 0) is 32.5 Å². The monoisotopic (exact) mass is 218 g/mol. The number of rotatable bonds is 9. The van der Waals surface area contributed by atoms with Gasteiger partial charge in [0.25, 0.3) is 0 Å². The Morgan fingerprint density at radius 2 is 1.80 bits per heavy atom. The first-order chi connectivity index (χ1) is 7.31. The molecule has 0 amide bonds. The fourth-order valence-electron chi connectivity index (χ4n) is 1.07. The second-order valence-electron chi connectivity index (χ2n) is 3.11. The Labute approximate surface area is 91.5 Å². The lowest BCUT2D eigenvalue weighted by atomic mass is 10.3. The Hall–Kier alpha value is -0.810. The molecule has 0 heterocycles. The van der Waals surface area contributed by atoms with E-state index >= 15 is 0 Å². The van der Waals surface area contributed by atoms with Gasteiger partial charge in [-0.25, -0.2) is 4.79 Å². The molecule has 90 valence electrons. The lowest BCUT2D eigenvalue weighted by Crippen LogP contribution is -2.23. The summed E-state index contributed by atoms with van der Waals surface area (Å²) in [4.78, 5) is 10.5. The highest BCUT2D eigenvalue weighted by molar-refractivity contribution is 5.59. The number of carbonyl (C=O) groups is 1. The molecule has 0 atom stereocenters. The van der Waals surface area contributed by atoms with E-state index in [9.17, 15) is 4.79 Å².